The molecule has 0 aliphatic rings. The lowest BCUT2D eigenvalue weighted by atomic mass is 9.72. The molecule has 2 nitrogen and oxygen atoms in total. The molecule has 0 aliphatic heterocycles. The molecule has 0 fully saturated rings. The maximum absolute atomic E-state index is 10.2. The first-order valence-corrected chi connectivity index (χ1v) is 7.88. The van der Waals surface area contributed by atoms with E-state index in [-0.39, 0.29) is 10.8 Å². The minimum Gasteiger partial charge on any atom is -0.506 e. The van der Waals surface area contributed by atoms with Gasteiger partial charge in [-0.3, -0.25) is 0 Å². The number of phenols is 1. The third-order valence-corrected chi connectivity index (χ3v) is 3.99. The predicted octanol–water partition coefficient (Wildman–Crippen LogP) is 4.93. The van der Waals surface area contributed by atoms with Crippen LogP contribution in [0.1, 0.15) is 52.2 Å². The van der Waals surface area contributed by atoms with Gasteiger partial charge in [-0.1, -0.05) is 40.7 Å². The van der Waals surface area contributed by atoms with Gasteiger partial charge in [0.15, 0.2) is 0 Å². The van der Waals surface area contributed by atoms with Crippen LogP contribution >= 0.6 is 15.9 Å². The summed E-state index contributed by atoms with van der Waals surface area (Å²) in [4.78, 5) is 2.07. The molecule has 0 aromatic heterocycles. The van der Waals surface area contributed by atoms with Gasteiger partial charge in [-0.2, -0.15) is 0 Å². The van der Waals surface area contributed by atoms with E-state index in [0.717, 1.165) is 23.0 Å². The van der Waals surface area contributed by atoms with E-state index < -0.39 is 0 Å². The number of halogens is 1. The standard InChI is InChI=1S/C17H28BrNO/c1-16(2,3)11-17(4,5)13-8-12(10-19(6)7)15(20)14(18)9-13/h8-9,20H,10-11H2,1-7H3. The molecule has 0 saturated carbocycles. The molecule has 0 heterocycles. The highest BCUT2D eigenvalue weighted by atomic mass is 79.9. The maximum Gasteiger partial charge on any atom is 0.134 e. The number of hydrogen-bond donors (Lipinski definition) is 1. The average molecular weight is 342 g/mol. The van der Waals surface area contributed by atoms with Crippen molar-refractivity contribution in [1.29, 1.82) is 0 Å². The van der Waals surface area contributed by atoms with Gasteiger partial charge >= 0.3 is 0 Å². The molecule has 0 aliphatic carbocycles. The largest absolute Gasteiger partial charge is 0.506 e. The summed E-state index contributed by atoms with van der Waals surface area (Å²) in [7, 11) is 4.03. The van der Waals surface area contributed by atoms with E-state index >= 15 is 0 Å². The number of benzene rings is 1. The molecular formula is C17H28BrNO. The van der Waals surface area contributed by atoms with Crippen LogP contribution in [-0.2, 0) is 12.0 Å². The molecule has 114 valence electrons. The van der Waals surface area contributed by atoms with Crippen molar-refractivity contribution in [2.24, 2.45) is 5.41 Å². The van der Waals surface area contributed by atoms with E-state index in [4.69, 9.17) is 0 Å². The van der Waals surface area contributed by atoms with Gasteiger partial charge in [-0.05, 0) is 58.9 Å². The van der Waals surface area contributed by atoms with Crippen molar-refractivity contribution in [1.82, 2.24) is 4.90 Å². The molecule has 3 heteroatoms. The zero-order valence-corrected chi connectivity index (χ0v) is 15.4. The summed E-state index contributed by atoms with van der Waals surface area (Å²) in [6.07, 6.45) is 1.10. The zero-order chi connectivity index (χ0) is 15.7. The molecule has 1 aromatic carbocycles. The maximum atomic E-state index is 10.2. The second-order valence-electron chi connectivity index (χ2n) is 7.82. The first kappa shape index (κ1) is 17.5. The normalized spacial score (nSPS) is 13.1. The smallest absolute Gasteiger partial charge is 0.134 e. The Morgan fingerprint density at radius 1 is 1.10 bits per heavy atom. The van der Waals surface area contributed by atoms with Gasteiger partial charge in [-0.15, -0.1) is 0 Å². The van der Waals surface area contributed by atoms with Crippen LogP contribution in [0.3, 0.4) is 0 Å². The van der Waals surface area contributed by atoms with Gasteiger partial charge in [0, 0.05) is 12.1 Å². The number of rotatable bonds is 4. The van der Waals surface area contributed by atoms with Crippen LogP contribution in [0.4, 0.5) is 0 Å². The summed E-state index contributed by atoms with van der Waals surface area (Å²) in [5.41, 5.74) is 2.60. The fourth-order valence-corrected chi connectivity index (χ4v) is 3.44. The van der Waals surface area contributed by atoms with Gasteiger partial charge in [0.1, 0.15) is 5.75 Å². The Hall–Kier alpha value is -0.540. The molecule has 20 heavy (non-hydrogen) atoms. The van der Waals surface area contributed by atoms with Crippen LogP contribution in [0.5, 0.6) is 5.75 Å². The van der Waals surface area contributed by atoms with Crippen LogP contribution in [-0.4, -0.2) is 24.1 Å². The van der Waals surface area contributed by atoms with Crippen molar-refractivity contribution in [2.45, 2.75) is 53.0 Å². The minimum atomic E-state index is 0.0789. The lowest BCUT2D eigenvalue weighted by Gasteiger charge is -2.33. The Balaban J connectivity index is 3.22. The third kappa shape index (κ3) is 4.78. The van der Waals surface area contributed by atoms with Crippen molar-refractivity contribution >= 4 is 15.9 Å². The average Bonchev–Trinajstić information content (AvgIpc) is 2.20. The van der Waals surface area contributed by atoms with Crippen LogP contribution < -0.4 is 0 Å². The summed E-state index contributed by atoms with van der Waals surface area (Å²) >= 11 is 3.49. The van der Waals surface area contributed by atoms with Gasteiger partial charge in [-0.25, -0.2) is 0 Å². The Labute approximate surface area is 132 Å². The predicted molar refractivity (Wildman–Crippen MR) is 90.3 cm³/mol. The van der Waals surface area contributed by atoms with Gasteiger partial charge in [0.25, 0.3) is 0 Å². The Bertz CT molecular complexity index is 473. The van der Waals surface area contributed by atoms with Crippen LogP contribution in [0.2, 0.25) is 0 Å². The monoisotopic (exact) mass is 341 g/mol. The summed E-state index contributed by atoms with van der Waals surface area (Å²) in [6.45, 7) is 12.1. The summed E-state index contributed by atoms with van der Waals surface area (Å²) < 4.78 is 0.786. The van der Waals surface area contributed by atoms with Crippen LogP contribution in [0.15, 0.2) is 16.6 Å². The van der Waals surface area contributed by atoms with E-state index in [1.807, 2.05) is 14.1 Å². The number of nitrogens with zero attached hydrogens (tertiary/aromatic N) is 1. The highest BCUT2D eigenvalue weighted by Crippen LogP contribution is 2.40. The summed E-state index contributed by atoms with van der Waals surface area (Å²) in [5.74, 6) is 0.356. The van der Waals surface area contributed by atoms with E-state index in [1.165, 1.54) is 5.56 Å². The van der Waals surface area contributed by atoms with E-state index in [1.54, 1.807) is 0 Å². The lowest BCUT2D eigenvalue weighted by Crippen LogP contribution is -2.25. The molecule has 0 spiro atoms. The molecule has 1 N–H and O–H groups in total. The first-order chi connectivity index (χ1) is 8.92. The second-order valence-corrected chi connectivity index (χ2v) is 8.68. The second kappa shape index (κ2) is 6.07. The molecular weight excluding hydrogens is 314 g/mol. The highest BCUT2D eigenvalue weighted by molar-refractivity contribution is 9.10. The topological polar surface area (TPSA) is 23.5 Å². The summed E-state index contributed by atoms with van der Waals surface area (Å²) in [6, 6.07) is 4.20. The molecule has 0 atom stereocenters. The molecule has 0 unspecified atom stereocenters. The van der Waals surface area contributed by atoms with E-state index in [2.05, 4.69) is 67.6 Å². The molecule has 0 radical (unpaired) electrons. The molecule has 1 aromatic rings. The number of aromatic hydroxyl groups is 1. The lowest BCUT2D eigenvalue weighted by molar-refractivity contribution is 0.283. The van der Waals surface area contributed by atoms with Crippen molar-refractivity contribution in [3.8, 4) is 5.75 Å². The van der Waals surface area contributed by atoms with Gasteiger partial charge < -0.3 is 10.0 Å². The Morgan fingerprint density at radius 2 is 1.65 bits per heavy atom. The molecule has 1 rings (SSSR count). The van der Waals surface area contributed by atoms with E-state index in [0.29, 0.717) is 5.75 Å². The number of phenolic OH excluding ortho intramolecular Hbond substituents is 1. The van der Waals surface area contributed by atoms with Gasteiger partial charge in [0.05, 0.1) is 4.47 Å². The minimum absolute atomic E-state index is 0.0789. The van der Waals surface area contributed by atoms with Crippen molar-refractivity contribution in [2.75, 3.05) is 14.1 Å². The van der Waals surface area contributed by atoms with Crippen LogP contribution in [0, 0.1) is 5.41 Å². The quantitative estimate of drug-likeness (QED) is 0.839. The fraction of sp³-hybridized carbons (Fsp3) is 0.647. The fourth-order valence-electron chi connectivity index (χ4n) is 2.94. The van der Waals surface area contributed by atoms with E-state index in [9.17, 15) is 5.11 Å². The van der Waals surface area contributed by atoms with Crippen LogP contribution in [0.25, 0.3) is 0 Å². The van der Waals surface area contributed by atoms with Crippen molar-refractivity contribution < 1.29 is 5.11 Å². The Morgan fingerprint density at radius 3 is 2.10 bits per heavy atom. The van der Waals surface area contributed by atoms with Crippen molar-refractivity contribution in [3.05, 3.63) is 27.7 Å². The Kier molecular flexibility index (Phi) is 5.31. The third-order valence-electron chi connectivity index (χ3n) is 3.38. The summed E-state index contributed by atoms with van der Waals surface area (Å²) in [5, 5.41) is 10.2. The molecule has 0 amide bonds. The molecule has 0 bridgehead atoms. The zero-order valence-electron chi connectivity index (χ0n) is 13.8. The SMILES string of the molecule is CN(C)Cc1cc(C(C)(C)CC(C)(C)C)cc(Br)c1O. The van der Waals surface area contributed by atoms with Crippen molar-refractivity contribution in [3.63, 3.8) is 0 Å². The number of hydrogen-bond acceptors (Lipinski definition) is 2. The first-order valence-electron chi connectivity index (χ1n) is 7.09. The van der Waals surface area contributed by atoms with Gasteiger partial charge in [0.2, 0.25) is 0 Å². The highest BCUT2D eigenvalue weighted by Gasteiger charge is 2.28. The molecule has 0 saturated heterocycles.